The number of rotatable bonds is 3. The first-order valence-corrected chi connectivity index (χ1v) is 7.57. The molecule has 0 radical (unpaired) electrons. The Kier molecular flexibility index (Phi) is 4.35. The Morgan fingerprint density at radius 3 is 2.59 bits per heavy atom. The van der Waals surface area contributed by atoms with Crippen molar-refractivity contribution in [2.75, 3.05) is 23.3 Å². The van der Waals surface area contributed by atoms with Gasteiger partial charge in [0, 0.05) is 13.1 Å². The van der Waals surface area contributed by atoms with Crippen molar-refractivity contribution in [2.45, 2.75) is 19.3 Å². The highest BCUT2D eigenvalue weighted by Crippen LogP contribution is 2.24. The van der Waals surface area contributed by atoms with Gasteiger partial charge in [-0.2, -0.15) is 20.2 Å². The summed E-state index contributed by atoms with van der Waals surface area (Å²) in [5.74, 6) is 0.978. The Labute approximate surface area is 133 Å². The maximum absolute atomic E-state index is 9.13. The minimum atomic E-state index is 0.102. The van der Waals surface area contributed by atoms with Crippen LogP contribution in [0.15, 0.2) is 24.3 Å². The van der Waals surface area contributed by atoms with Crippen molar-refractivity contribution in [2.24, 2.45) is 0 Å². The third-order valence-electron chi connectivity index (χ3n) is 3.48. The summed E-state index contributed by atoms with van der Waals surface area (Å²) in [6, 6.07) is 9.31. The maximum atomic E-state index is 9.13. The van der Waals surface area contributed by atoms with Gasteiger partial charge in [0.15, 0.2) is 0 Å². The third-order valence-corrected chi connectivity index (χ3v) is 3.81. The van der Waals surface area contributed by atoms with Crippen LogP contribution in [-0.2, 0) is 0 Å². The Hall–Kier alpha value is -2.39. The summed E-state index contributed by atoms with van der Waals surface area (Å²) in [7, 11) is 0. The van der Waals surface area contributed by atoms with Gasteiger partial charge in [0.25, 0.3) is 0 Å². The van der Waals surface area contributed by atoms with Crippen LogP contribution >= 0.6 is 11.6 Å². The average Bonchev–Trinajstić information content (AvgIpc) is 2.57. The van der Waals surface area contributed by atoms with E-state index in [9.17, 15) is 0 Å². The van der Waals surface area contributed by atoms with Crippen LogP contribution in [0.4, 0.5) is 17.6 Å². The van der Waals surface area contributed by atoms with E-state index in [1.165, 1.54) is 6.42 Å². The van der Waals surface area contributed by atoms with Crippen LogP contribution in [0.3, 0.4) is 0 Å². The number of hydrogen-bond donors (Lipinski definition) is 1. The van der Waals surface area contributed by atoms with Crippen molar-refractivity contribution in [1.82, 2.24) is 15.0 Å². The van der Waals surface area contributed by atoms with Crippen molar-refractivity contribution in [3.63, 3.8) is 0 Å². The third kappa shape index (κ3) is 3.26. The summed E-state index contributed by atoms with van der Waals surface area (Å²) >= 11 is 6.13. The maximum Gasteiger partial charge on any atom is 0.238 e. The van der Waals surface area contributed by atoms with Crippen LogP contribution < -0.4 is 10.2 Å². The SMILES string of the molecule is N#Cc1nc(Nc2ccccc2Cl)nc(N2CCCCC2)n1. The van der Waals surface area contributed by atoms with Crippen molar-refractivity contribution in [3.05, 3.63) is 35.1 Å². The number of hydrogen-bond acceptors (Lipinski definition) is 6. The van der Waals surface area contributed by atoms with Crippen LogP contribution in [-0.4, -0.2) is 28.0 Å². The van der Waals surface area contributed by atoms with Crippen molar-refractivity contribution in [3.8, 4) is 6.07 Å². The Bertz CT molecular complexity index is 705. The number of aromatic nitrogens is 3. The minimum Gasteiger partial charge on any atom is -0.341 e. The lowest BCUT2D eigenvalue weighted by Gasteiger charge is -2.26. The zero-order valence-corrected chi connectivity index (χ0v) is 12.7. The molecule has 1 fully saturated rings. The number of anilines is 3. The van der Waals surface area contributed by atoms with Gasteiger partial charge in [-0.3, -0.25) is 0 Å². The molecule has 0 spiro atoms. The lowest BCUT2D eigenvalue weighted by atomic mass is 10.1. The van der Waals surface area contributed by atoms with Gasteiger partial charge in [-0.05, 0) is 31.4 Å². The summed E-state index contributed by atoms with van der Waals surface area (Å²) in [6.45, 7) is 1.81. The van der Waals surface area contributed by atoms with Crippen LogP contribution in [0.2, 0.25) is 5.02 Å². The molecule has 1 aliphatic heterocycles. The lowest BCUT2D eigenvalue weighted by Crippen LogP contribution is -2.31. The van der Waals surface area contributed by atoms with E-state index in [0.29, 0.717) is 22.6 Å². The normalized spacial score (nSPS) is 14.5. The van der Waals surface area contributed by atoms with E-state index in [1.54, 1.807) is 6.07 Å². The quantitative estimate of drug-likeness (QED) is 0.937. The van der Waals surface area contributed by atoms with Crippen LogP contribution in [0.5, 0.6) is 0 Å². The van der Waals surface area contributed by atoms with Crippen LogP contribution in [0, 0.1) is 11.3 Å². The fourth-order valence-corrected chi connectivity index (χ4v) is 2.57. The molecule has 22 heavy (non-hydrogen) atoms. The first kappa shape index (κ1) is 14.5. The van der Waals surface area contributed by atoms with Gasteiger partial charge >= 0.3 is 0 Å². The van der Waals surface area contributed by atoms with E-state index in [-0.39, 0.29) is 5.82 Å². The molecule has 0 bridgehead atoms. The topological polar surface area (TPSA) is 77.7 Å². The molecule has 0 amide bonds. The highest BCUT2D eigenvalue weighted by Gasteiger charge is 2.16. The largest absolute Gasteiger partial charge is 0.341 e. The van der Waals surface area contributed by atoms with Crippen LogP contribution in [0.1, 0.15) is 25.1 Å². The number of halogens is 1. The van der Waals surface area contributed by atoms with Crippen molar-refractivity contribution >= 4 is 29.2 Å². The highest BCUT2D eigenvalue weighted by atomic mass is 35.5. The second-order valence-electron chi connectivity index (χ2n) is 5.05. The molecule has 0 atom stereocenters. The molecule has 2 heterocycles. The predicted octanol–water partition coefficient (Wildman–Crippen LogP) is 3.13. The molecule has 0 unspecified atom stereocenters. The first-order valence-electron chi connectivity index (χ1n) is 7.19. The monoisotopic (exact) mass is 314 g/mol. The van der Waals surface area contributed by atoms with E-state index < -0.39 is 0 Å². The molecule has 112 valence electrons. The van der Waals surface area contributed by atoms with E-state index in [0.717, 1.165) is 25.9 Å². The first-order chi connectivity index (χ1) is 10.8. The second-order valence-corrected chi connectivity index (χ2v) is 5.45. The molecule has 1 aromatic heterocycles. The van der Waals surface area contributed by atoms with Crippen molar-refractivity contribution in [1.29, 1.82) is 5.26 Å². The fourth-order valence-electron chi connectivity index (χ4n) is 2.39. The second kappa shape index (κ2) is 6.58. The summed E-state index contributed by atoms with van der Waals surface area (Å²) < 4.78 is 0. The smallest absolute Gasteiger partial charge is 0.238 e. The molecule has 3 rings (SSSR count). The number of para-hydroxylation sites is 1. The standard InChI is InChI=1S/C15H15ClN6/c16-11-6-2-3-7-12(11)18-14-19-13(10-17)20-15(21-14)22-8-4-1-5-9-22/h2-3,6-7H,1,4-5,8-9H2,(H,18,19,20,21). The molecule has 1 aromatic carbocycles. The fraction of sp³-hybridized carbons (Fsp3) is 0.333. The molecule has 1 saturated heterocycles. The van der Waals surface area contributed by atoms with Gasteiger partial charge in [0.05, 0.1) is 10.7 Å². The number of nitriles is 1. The summed E-state index contributed by atoms with van der Waals surface area (Å²) in [4.78, 5) is 14.8. The van der Waals surface area contributed by atoms with E-state index in [4.69, 9.17) is 16.9 Å². The lowest BCUT2D eigenvalue weighted by molar-refractivity contribution is 0.567. The van der Waals surface area contributed by atoms with E-state index >= 15 is 0 Å². The molecule has 6 nitrogen and oxygen atoms in total. The van der Waals surface area contributed by atoms with Gasteiger partial charge in [-0.1, -0.05) is 23.7 Å². The van der Waals surface area contributed by atoms with Crippen LogP contribution in [0.25, 0.3) is 0 Å². The number of benzene rings is 1. The molecular weight excluding hydrogens is 300 g/mol. The summed E-state index contributed by atoms with van der Waals surface area (Å²) in [5, 5.41) is 12.8. The van der Waals surface area contributed by atoms with Gasteiger partial charge in [0.2, 0.25) is 17.7 Å². The predicted molar refractivity (Wildman–Crippen MR) is 85.3 cm³/mol. The number of nitrogens with one attached hydrogen (secondary N) is 1. The number of piperidine rings is 1. The number of nitrogens with zero attached hydrogens (tertiary/aromatic N) is 5. The average molecular weight is 315 g/mol. The van der Waals surface area contributed by atoms with E-state index in [1.807, 2.05) is 24.3 Å². The Morgan fingerprint density at radius 1 is 1.09 bits per heavy atom. The zero-order valence-electron chi connectivity index (χ0n) is 12.0. The van der Waals surface area contributed by atoms with E-state index in [2.05, 4.69) is 25.2 Å². The van der Waals surface area contributed by atoms with Gasteiger partial charge in [-0.25, -0.2) is 0 Å². The minimum absolute atomic E-state index is 0.102. The molecule has 1 aliphatic rings. The van der Waals surface area contributed by atoms with Gasteiger partial charge in [0.1, 0.15) is 6.07 Å². The molecule has 1 N–H and O–H groups in total. The molecular formula is C15H15ClN6. The van der Waals surface area contributed by atoms with Gasteiger partial charge in [-0.15, -0.1) is 0 Å². The highest BCUT2D eigenvalue weighted by molar-refractivity contribution is 6.33. The summed E-state index contributed by atoms with van der Waals surface area (Å²) in [5.41, 5.74) is 0.698. The molecule has 0 saturated carbocycles. The summed E-state index contributed by atoms with van der Waals surface area (Å²) in [6.07, 6.45) is 3.44. The molecule has 2 aromatic rings. The van der Waals surface area contributed by atoms with Gasteiger partial charge < -0.3 is 10.2 Å². The Morgan fingerprint density at radius 2 is 1.86 bits per heavy atom. The molecule has 0 aliphatic carbocycles. The molecule has 7 heteroatoms. The zero-order chi connectivity index (χ0) is 15.4. The Balaban J connectivity index is 1.90. The van der Waals surface area contributed by atoms with Crippen molar-refractivity contribution < 1.29 is 0 Å².